The maximum atomic E-state index is 2.47. The van der Waals surface area contributed by atoms with Crippen molar-refractivity contribution in [1.29, 1.82) is 0 Å². The van der Waals surface area contributed by atoms with Gasteiger partial charge in [-0.15, -0.1) is 22.7 Å². The normalized spacial score (nSPS) is 12.0. The van der Waals surface area contributed by atoms with Crippen LogP contribution in [0.15, 0.2) is 152 Å². The predicted molar refractivity (Wildman–Crippen MR) is 197 cm³/mol. The Morgan fingerprint density at radius 3 is 1.93 bits per heavy atom. The van der Waals surface area contributed by atoms with Gasteiger partial charge in [-0.3, -0.25) is 0 Å². The van der Waals surface area contributed by atoms with Crippen LogP contribution in [0.25, 0.3) is 90.1 Å². The monoisotopic (exact) mass is 607 g/mol. The van der Waals surface area contributed by atoms with Crippen molar-refractivity contribution < 1.29 is 0 Å². The van der Waals surface area contributed by atoms with Crippen molar-refractivity contribution in [2.75, 3.05) is 0 Å². The standard InChI is InChI=1S/C42H25NS2/c1-4-17-35-30(12-1)34-25-27(22-23-36(34)43(35)37-18-9-21-40-41(37)33-14-3-6-20-39(33)44-40)26-10-7-11-28(24-26)29-15-8-16-32-31-13-2-5-19-38(31)45-42(29)32/h1-25H. The minimum atomic E-state index is 1.23. The van der Waals surface area contributed by atoms with E-state index in [9.17, 15) is 0 Å². The number of aromatic nitrogens is 1. The van der Waals surface area contributed by atoms with Gasteiger partial charge < -0.3 is 4.57 Å². The molecule has 0 aliphatic carbocycles. The second kappa shape index (κ2) is 9.64. The number of nitrogens with zero attached hydrogens (tertiary/aromatic N) is 1. The van der Waals surface area contributed by atoms with Crippen molar-refractivity contribution in [3.8, 4) is 27.9 Å². The minimum absolute atomic E-state index is 1.23. The number of rotatable bonds is 3. The van der Waals surface area contributed by atoms with Crippen LogP contribution in [-0.2, 0) is 0 Å². The van der Waals surface area contributed by atoms with Crippen molar-refractivity contribution >= 4 is 84.8 Å². The lowest BCUT2D eigenvalue weighted by Gasteiger charge is -2.11. The molecule has 7 aromatic carbocycles. The molecule has 0 spiro atoms. The van der Waals surface area contributed by atoms with Crippen molar-refractivity contribution in [2.24, 2.45) is 0 Å². The van der Waals surface area contributed by atoms with E-state index in [1.54, 1.807) is 0 Å². The summed E-state index contributed by atoms with van der Waals surface area (Å²) in [6.45, 7) is 0. The largest absolute Gasteiger partial charge is 0.309 e. The maximum Gasteiger partial charge on any atom is 0.0555 e. The molecule has 3 heteroatoms. The van der Waals surface area contributed by atoms with E-state index in [2.05, 4.69) is 156 Å². The zero-order valence-corrected chi connectivity index (χ0v) is 25.8. The van der Waals surface area contributed by atoms with Gasteiger partial charge in [-0.05, 0) is 70.8 Å². The third-order valence-electron chi connectivity index (χ3n) is 9.21. The van der Waals surface area contributed by atoms with Crippen LogP contribution in [0.5, 0.6) is 0 Å². The third kappa shape index (κ3) is 3.72. The number of thiophene rings is 2. The molecule has 3 heterocycles. The molecule has 0 amide bonds. The molecule has 0 bridgehead atoms. The summed E-state index contributed by atoms with van der Waals surface area (Å²) in [7, 11) is 0. The summed E-state index contributed by atoms with van der Waals surface area (Å²) < 4.78 is 7.80. The van der Waals surface area contributed by atoms with Gasteiger partial charge in [0.15, 0.2) is 0 Å². The molecule has 0 atom stereocenters. The van der Waals surface area contributed by atoms with E-state index >= 15 is 0 Å². The van der Waals surface area contributed by atoms with Gasteiger partial charge in [-0.2, -0.15) is 0 Å². The number of benzene rings is 7. The van der Waals surface area contributed by atoms with Gasteiger partial charge in [0.05, 0.1) is 16.7 Å². The number of para-hydroxylation sites is 1. The highest BCUT2D eigenvalue weighted by atomic mass is 32.1. The first-order valence-corrected chi connectivity index (χ1v) is 16.9. The third-order valence-corrected chi connectivity index (χ3v) is 11.6. The van der Waals surface area contributed by atoms with Crippen molar-refractivity contribution in [2.45, 2.75) is 0 Å². The van der Waals surface area contributed by atoms with Gasteiger partial charge in [0, 0.05) is 51.1 Å². The molecule has 0 fully saturated rings. The Kier molecular flexibility index (Phi) is 5.39. The Morgan fingerprint density at radius 1 is 0.378 bits per heavy atom. The van der Waals surface area contributed by atoms with Crippen LogP contribution in [0.4, 0.5) is 0 Å². The zero-order valence-electron chi connectivity index (χ0n) is 24.2. The first kappa shape index (κ1) is 25.1. The molecule has 0 aliphatic heterocycles. The smallest absolute Gasteiger partial charge is 0.0555 e. The van der Waals surface area contributed by atoms with E-state index in [-0.39, 0.29) is 0 Å². The van der Waals surface area contributed by atoms with Crippen LogP contribution in [0.2, 0.25) is 0 Å². The van der Waals surface area contributed by atoms with E-state index in [1.807, 2.05) is 22.7 Å². The molecule has 0 radical (unpaired) electrons. The lowest BCUT2D eigenvalue weighted by Crippen LogP contribution is -1.94. The summed E-state index contributed by atoms with van der Waals surface area (Å²) >= 11 is 3.76. The van der Waals surface area contributed by atoms with Crippen molar-refractivity contribution in [3.05, 3.63) is 152 Å². The lowest BCUT2D eigenvalue weighted by molar-refractivity contribution is 1.20. The summed E-state index contributed by atoms with van der Waals surface area (Å²) in [4.78, 5) is 0. The van der Waals surface area contributed by atoms with Crippen LogP contribution in [0.1, 0.15) is 0 Å². The predicted octanol–water partition coefficient (Wildman–Crippen LogP) is 12.9. The molecule has 3 aromatic heterocycles. The number of hydrogen-bond acceptors (Lipinski definition) is 2. The van der Waals surface area contributed by atoms with Gasteiger partial charge >= 0.3 is 0 Å². The number of hydrogen-bond donors (Lipinski definition) is 0. The molecule has 45 heavy (non-hydrogen) atoms. The Balaban J connectivity index is 1.17. The highest BCUT2D eigenvalue weighted by Crippen LogP contribution is 2.43. The summed E-state index contributed by atoms with van der Waals surface area (Å²) in [5.74, 6) is 0. The van der Waals surface area contributed by atoms with E-state index < -0.39 is 0 Å². The summed E-state index contributed by atoms with van der Waals surface area (Å²) in [6, 6.07) is 55.9. The Bertz CT molecular complexity index is 2770. The Morgan fingerprint density at radius 2 is 1.02 bits per heavy atom. The molecule has 0 saturated heterocycles. The molecule has 210 valence electrons. The molecule has 0 aliphatic rings. The molecule has 10 rings (SSSR count). The highest BCUT2D eigenvalue weighted by Gasteiger charge is 2.17. The first-order valence-electron chi connectivity index (χ1n) is 15.3. The first-order chi connectivity index (χ1) is 22.3. The van der Waals surface area contributed by atoms with Gasteiger partial charge in [-0.25, -0.2) is 0 Å². The second-order valence-electron chi connectivity index (χ2n) is 11.7. The van der Waals surface area contributed by atoms with E-state index in [4.69, 9.17) is 0 Å². The van der Waals surface area contributed by atoms with Crippen LogP contribution in [-0.4, -0.2) is 4.57 Å². The van der Waals surface area contributed by atoms with Crippen molar-refractivity contribution in [1.82, 2.24) is 4.57 Å². The average molecular weight is 608 g/mol. The fourth-order valence-electron chi connectivity index (χ4n) is 7.20. The van der Waals surface area contributed by atoms with Crippen molar-refractivity contribution in [3.63, 3.8) is 0 Å². The van der Waals surface area contributed by atoms with Gasteiger partial charge in [0.1, 0.15) is 0 Å². The average Bonchev–Trinajstić information content (AvgIpc) is 3.77. The van der Waals surface area contributed by atoms with Crippen LogP contribution >= 0.6 is 22.7 Å². The second-order valence-corrected chi connectivity index (χ2v) is 13.8. The lowest BCUT2D eigenvalue weighted by atomic mass is 9.97. The van der Waals surface area contributed by atoms with E-state index in [0.717, 1.165) is 0 Å². The van der Waals surface area contributed by atoms with Gasteiger partial charge in [0.25, 0.3) is 0 Å². The topological polar surface area (TPSA) is 4.93 Å². The molecule has 10 aromatic rings. The SMILES string of the molecule is c1cc(-c2ccc3c(c2)c2ccccc2n3-c2cccc3sc4ccccc4c23)cc(-c2cccc3c2sc2ccccc23)c1. The summed E-state index contributed by atoms with van der Waals surface area (Å²) in [5, 5.41) is 7.87. The molecular formula is C42H25NS2. The van der Waals surface area contributed by atoms with Gasteiger partial charge in [0.2, 0.25) is 0 Å². The summed E-state index contributed by atoms with van der Waals surface area (Å²) in [5.41, 5.74) is 8.71. The minimum Gasteiger partial charge on any atom is -0.309 e. The van der Waals surface area contributed by atoms with E-state index in [1.165, 1.54) is 90.1 Å². The van der Waals surface area contributed by atoms with E-state index in [0.29, 0.717) is 0 Å². The Labute approximate surface area is 267 Å². The van der Waals surface area contributed by atoms with Gasteiger partial charge in [-0.1, -0.05) is 103 Å². The molecule has 0 saturated carbocycles. The molecule has 0 N–H and O–H groups in total. The van der Waals surface area contributed by atoms with Crippen LogP contribution in [0, 0.1) is 0 Å². The maximum absolute atomic E-state index is 2.47. The molecular weight excluding hydrogens is 583 g/mol. The fourth-order valence-corrected chi connectivity index (χ4v) is 9.56. The fraction of sp³-hybridized carbons (Fsp3) is 0. The zero-order chi connectivity index (χ0) is 29.5. The highest BCUT2D eigenvalue weighted by molar-refractivity contribution is 7.26. The summed E-state index contributed by atoms with van der Waals surface area (Å²) in [6.07, 6.45) is 0. The quantitative estimate of drug-likeness (QED) is 0.188. The molecule has 1 nitrogen and oxygen atoms in total. The Hall–Kier alpha value is -5.22. The van der Waals surface area contributed by atoms with Crippen LogP contribution in [0.3, 0.4) is 0 Å². The number of fused-ring (bicyclic) bond motifs is 9. The van der Waals surface area contributed by atoms with Crippen LogP contribution < -0.4 is 0 Å². The molecule has 0 unspecified atom stereocenters.